The summed E-state index contributed by atoms with van der Waals surface area (Å²) >= 11 is 5.77. The zero-order chi connectivity index (χ0) is 10.1. The van der Waals surface area contributed by atoms with E-state index in [4.69, 9.17) is 11.6 Å². The third-order valence-corrected chi connectivity index (χ3v) is 2.53. The van der Waals surface area contributed by atoms with Crippen molar-refractivity contribution in [3.63, 3.8) is 0 Å². The van der Waals surface area contributed by atoms with Gasteiger partial charge in [-0.3, -0.25) is 0 Å². The van der Waals surface area contributed by atoms with E-state index < -0.39 is 5.82 Å². The molecule has 1 aliphatic rings. The number of carbonyl (C=O) groups excluding carboxylic acids is 1. The highest BCUT2D eigenvalue weighted by Crippen LogP contribution is 2.26. The number of carbonyl (C=O) groups is 1. The van der Waals surface area contributed by atoms with Crippen molar-refractivity contribution < 1.29 is 9.18 Å². The lowest BCUT2D eigenvalue weighted by molar-refractivity contribution is 0.247. The molecule has 2 amide bonds. The first-order valence-electron chi connectivity index (χ1n) is 4.17. The summed E-state index contributed by atoms with van der Waals surface area (Å²) in [5.41, 5.74) is 0.602. The van der Waals surface area contributed by atoms with E-state index in [0.29, 0.717) is 12.1 Å². The summed E-state index contributed by atoms with van der Waals surface area (Å²) in [6, 6.07) is 4.06. The minimum absolute atomic E-state index is 0.0708. The Labute approximate surface area is 85.3 Å². The van der Waals surface area contributed by atoms with Crippen LogP contribution >= 0.6 is 11.6 Å². The van der Waals surface area contributed by atoms with Gasteiger partial charge in [-0.1, -0.05) is 23.7 Å². The van der Waals surface area contributed by atoms with Gasteiger partial charge in [-0.25, -0.2) is 9.18 Å². The molecule has 0 aromatic heterocycles. The number of benzene rings is 1. The SMILES string of the molecule is O=C1NCC(c2cccc(F)c2Cl)N1. The lowest BCUT2D eigenvalue weighted by atomic mass is 10.1. The fourth-order valence-corrected chi connectivity index (χ4v) is 1.69. The van der Waals surface area contributed by atoms with Crippen LogP contribution in [0.2, 0.25) is 5.02 Å². The summed E-state index contributed by atoms with van der Waals surface area (Å²) in [7, 11) is 0. The monoisotopic (exact) mass is 214 g/mol. The van der Waals surface area contributed by atoms with Gasteiger partial charge in [0, 0.05) is 6.54 Å². The van der Waals surface area contributed by atoms with E-state index in [1.165, 1.54) is 6.07 Å². The molecule has 1 aromatic carbocycles. The average molecular weight is 215 g/mol. The zero-order valence-corrected chi connectivity index (χ0v) is 7.94. The van der Waals surface area contributed by atoms with Crippen molar-refractivity contribution in [3.05, 3.63) is 34.6 Å². The van der Waals surface area contributed by atoms with Gasteiger partial charge in [0.05, 0.1) is 11.1 Å². The Morgan fingerprint density at radius 1 is 1.50 bits per heavy atom. The minimum atomic E-state index is -0.467. The van der Waals surface area contributed by atoms with Gasteiger partial charge in [0.1, 0.15) is 5.82 Å². The molecule has 0 aliphatic carbocycles. The van der Waals surface area contributed by atoms with Gasteiger partial charge in [0.2, 0.25) is 0 Å². The number of halogens is 2. The summed E-state index contributed by atoms with van der Waals surface area (Å²) in [5.74, 6) is -0.467. The van der Waals surface area contributed by atoms with Crippen molar-refractivity contribution in [1.29, 1.82) is 0 Å². The highest BCUT2D eigenvalue weighted by Gasteiger charge is 2.24. The molecular weight excluding hydrogens is 207 g/mol. The van der Waals surface area contributed by atoms with E-state index in [1.807, 2.05) is 0 Å². The second-order valence-electron chi connectivity index (χ2n) is 3.05. The Hall–Kier alpha value is -1.29. The molecule has 0 bridgehead atoms. The summed E-state index contributed by atoms with van der Waals surface area (Å²) < 4.78 is 13.1. The smallest absolute Gasteiger partial charge is 0.315 e. The van der Waals surface area contributed by atoms with Crippen LogP contribution in [0.5, 0.6) is 0 Å². The van der Waals surface area contributed by atoms with Crippen molar-refractivity contribution in [2.75, 3.05) is 6.54 Å². The van der Waals surface area contributed by atoms with E-state index in [1.54, 1.807) is 12.1 Å². The third kappa shape index (κ3) is 1.53. The summed E-state index contributed by atoms with van der Waals surface area (Å²) in [4.78, 5) is 10.9. The zero-order valence-electron chi connectivity index (χ0n) is 7.18. The van der Waals surface area contributed by atoms with E-state index in [-0.39, 0.29) is 17.1 Å². The molecule has 1 unspecified atom stereocenters. The molecule has 0 radical (unpaired) electrons. The minimum Gasteiger partial charge on any atom is -0.336 e. The average Bonchev–Trinajstić information content (AvgIpc) is 2.57. The van der Waals surface area contributed by atoms with Crippen LogP contribution in [-0.4, -0.2) is 12.6 Å². The number of nitrogens with one attached hydrogen (secondary N) is 2. The van der Waals surface area contributed by atoms with Crippen molar-refractivity contribution in [2.45, 2.75) is 6.04 Å². The molecule has 1 saturated heterocycles. The Balaban J connectivity index is 2.32. The fraction of sp³-hybridized carbons (Fsp3) is 0.222. The van der Waals surface area contributed by atoms with Gasteiger partial charge in [-0.05, 0) is 11.6 Å². The number of urea groups is 1. The van der Waals surface area contributed by atoms with Crippen LogP contribution in [0.4, 0.5) is 9.18 Å². The second kappa shape index (κ2) is 3.46. The van der Waals surface area contributed by atoms with E-state index >= 15 is 0 Å². The number of hydrogen-bond acceptors (Lipinski definition) is 1. The molecule has 5 heteroatoms. The van der Waals surface area contributed by atoms with Crippen LogP contribution in [0, 0.1) is 5.82 Å². The van der Waals surface area contributed by atoms with Gasteiger partial charge in [-0.2, -0.15) is 0 Å². The maximum Gasteiger partial charge on any atom is 0.315 e. The first kappa shape index (κ1) is 9.27. The highest BCUT2D eigenvalue weighted by molar-refractivity contribution is 6.31. The molecule has 0 saturated carbocycles. The Kier molecular flexibility index (Phi) is 2.29. The Morgan fingerprint density at radius 2 is 2.29 bits per heavy atom. The molecule has 2 N–H and O–H groups in total. The molecule has 1 aromatic rings. The molecule has 14 heavy (non-hydrogen) atoms. The third-order valence-electron chi connectivity index (χ3n) is 2.13. The molecule has 2 rings (SSSR count). The quantitative estimate of drug-likeness (QED) is 0.736. The van der Waals surface area contributed by atoms with Crippen LogP contribution < -0.4 is 10.6 Å². The second-order valence-corrected chi connectivity index (χ2v) is 3.43. The summed E-state index contributed by atoms with van der Waals surface area (Å²) in [5, 5.41) is 5.29. The van der Waals surface area contributed by atoms with E-state index in [2.05, 4.69) is 10.6 Å². The maximum atomic E-state index is 13.1. The molecule has 0 spiro atoms. The van der Waals surface area contributed by atoms with Gasteiger partial charge in [0.25, 0.3) is 0 Å². The van der Waals surface area contributed by atoms with Crippen LogP contribution in [-0.2, 0) is 0 Å². The highest BCUT2D eigenvalue weighted by atomic mass is 35.5. The van der Waals surface area contributed by atoms with E-state index in [0.717, 1.165) is 0 Å². The molecule has 3 nitrogen and oxygen atoms in total. The van der Waals surface area contributed by atoms with Crippen LogP contribution in [0.15, 0.2) is 18.2 Å². The predicted molar refractivity (Wildman–Crippen MR) is 50.7 cm³/mol. The van der Waals surface area contributed by atoms with Gasteiger partial charge in [-0.15, -0.1) is 0 Å². The van der Waals surface area contributed by atoms with Gasteiger partial charge in [0.15, 0.2) is 0 Å². The van der Waals surface area contributed by atoms with Crippen molar-refractivity contribution in [1.82, 2.24) is 10.6 Å². The number of hydrogen-bond donors (Lipinski definition) is 2. The first-order valence-corrected chi connectivity index (χ1v) is 4.54. The topological polar surface area (TPSA) is 41.1 Å². The molecule has 1 aliphatic heterocycles. The van der Waals surface area contributed by atoms with Crippen molar-refractivity contribution in [2.24, 2.45) is 0 Å². The van der Waals surface area contributed by atoms with Crippen LogP contribution in [0.3, 0.4) is 0 Å². The summed E-state index contributed by atoms with van der Waals surface area (Å²) in [6.45, 7) is 0.433. The van der Waals surface area contributed by atoms with Gasteiger partial charge < -0.3 is 10.6 Å². The van der Waals surface area contributed by atoms with Crippen molar-refractivity contribution >= 4 is 17.6 Å². The normalized spacial score (nSPS) is 20.4. The fourth-order valence-electron chi connectivity index (χ4n) is 1.43. The van der Waals surface area contributed by atoms with Crippen molar-refractivity contribution in [3.8, 4) is 0 Å². The molecule has 74 valence electrons. The lowest BCUT2D eigenvalue weighted by Gasteiger charge is -2.10. The first-order chi connectivity index (χ1) is 6.68. The van der Waals surface area contributed by atoms with Crippen LogP contribution in [0.1, 0.15) is 11.6 Å². The molecule has 1 fully saturated rings. The molecular formula is C9H8ClFN2O. The Morgan fingerprint density at radius 3 is 2.93 bits per heavy atom. The standard InChI is InChI=1S/C9H8ClFN2O/c10-8-5(2-1-3-6(8)11)7-4-12-9(14)13-7/h1-3,7H,4H2,(H2,12,13,14). The number of rotatable bonds is 1. The van der Waals surface area contributed by atoms with Gasteiger partial charge >= 0.3 is 6.03 Å². The van der Waals surface area contributed by atoms with E-state index in [9.17, 15) is 9.18 Å². The van der Waals surface area contributed by atoms with Crippen LogP contribution in [0.25, 0.3) is 0 Å². The summed E-state index contributed by atoms with van der Waals surface area (Å²) in [6.07, 6.45) is 0. The lowest BCUT2D eigenvalue weighted by Crippen LogP contribution is -2.21. The predicted octanol–water partition coefficient (Wildman–Crippen LogP) is 1.83. The Bertz CT molecular complexity index is 383. The maximum absolute atomic E-state index is 13.1. The number of amides is 2. The molecule has 1 atom stereocenters. The molecule has 1 heterocycles. The largest absolute Gasteiger partial charge is 0.336 e.